The van der Waals surface area contributed by atoms with E-state index in [1.165, 1.54) is 25.3 Å². The predicted molar refractivity (Wildman–Crippen MR) is 66.8 cm³/mol. The summed E-state index contributed by atoms with van der Waals surface area (Å²) in [4.78, 5) is 0. The zero-order valence-corrected chi connectivity index (χ0v) is 10.4. The average Bonchev–Trinajstić information content (AvgIpc) is 2.37. The minimum atomic E-state index is -4.75. The van der Waals surface area contributed by atoms with Gasteiger partial charge in [0.2, 0.25) is 0 Å². The van der Waals surface area contributed by atoms with Gasteiger partial charge in [-0.1, -0.05) is 24.3 Å². The number of benzene rings is 2. The van der Waals surface area contributed by atoms with Crippen LogP contribution in [0, 0.1) is 0 Å². The van der Waals surface area contributed by atoms with Crippen LogP contribution in [0.2, 0.25) is 0 Å². The fourth-order valence-electron chi connectivity index (χ4n) is 1.78. The lowest BCUT2D eigenvalue weighted by molar-refractivity contribution is -0.274. The maximum absolute atomic E-state index is 12.2. The van der Waals surface area contributed by atoms with E-state index in [4.69, 9.17) is 4.74 Å². The molecule has 0 atom stereocenters. The highest BCUT2D eigenvalue weighted by Crippen LogP contribution is 2.38. The first-order valence-electron chi connectivity index (χ1n) is 5.63. The zero-order valence-electron chi connectivity index (χ0n) is 10.4. The molecule has 2 rings (SSSR count). The molecule has 3 nitrogen and oxygen atoms in total. The number of ether oxygens (including phenoxy) is 2. The molecule has 0 aliphatic heterocycles. The van der Waals surface area contributed by atoms with Crippen LogP contribution in [-0.4, -0.2) is 18.6 Å². The van der Waals surface area contributed by atoms with Crippen molar-refractivity contribution in [3.63, 3.8) is 0 Å². The molecule has 0 aliphatic carbocycles. The molecule has 0 radical (unpaired) electrons. The summed E-state index contributed by atoms with van der Waals surface area (Å²) < 4.78 is 45.3. The highest BCUT2D eigenvalue weighted by Gasteiger charge is 2.31. The number of alkyl halides is 3. The Labute approximate surface area is 113 Å². The number of para-hydroxylation sites is 1. The summed E-state index contributed by atoms with van der Waals surface area (Å²) in [5.41, 5.74) is 0.750. The Morgan fingerprint density at radius 1 is 1.05 bits per heavy atom. The van der Waals surface area contributed by atoms with Gasteiger partial charge in [-0.3, -0.25) is 0 Å². The Kier molecular flexibility index (Phi) is 3.74. The molecule has 0 spiro atoms. The molecule has 0 amide bonds. The largest absolute Gasteiger partial charge is 0.573 e. The molecule has 0 fully saturated rings. The molecular formula is C14H11F3O3. The summed E-state index contributed by atoms with van der Waals surface area (Å²) in [6, 6.07) is 10.1. The van der Waals surface area contributed by atoms with Gasteiger partial charge in [0.15, 0.2) is 11.5 Å². The lowest BCUT2D eigenvalue weighted by Crippen LogP contribution is -2.17. The molecule has 0 unspecified atom stereocenters. The number of phenolic OH excluding ortho intramolecular Hbond substituents is 1. The molecule has 0 saturated heterocycles. The fourth-order valence-corrected chi connectivity index (χ4v) is 1.78. The molecule has 6 heteroatoms. The molecule has 1 N–H and O–H groups in total. The first-order valence-corrected chi connectivity index (χ1v) is 5.63. The fraction of sp³-hybridized carbons (Fsp3) is 0.143. The smallest absolute Gasteiger partial charge is 0.504 e. The van der Waals surface area contributed by atoms with Gasteiger partial charge < -0.3 is 14.6 Å². The van der Waals surface area contributed by atoms with Gasteiger partial charge in [-0.05, 0) is 23.8 Å². The maximum Gasteiger partial charge on any atom is 0.573 e. The van der Waals surface area contributed by atoms with Gasteiger partial charge in [0.1, 0.15) is 5.75 Å². The van der Waals surface area contributed by atoms with Crippen molar-refractivity contribution in [2.24, 2.45) is 0 Å². The summed E-state index contributed by atoms with van der Waals surface area (Å²) in [5.74, 6) is -0.249. The number of phenols is 1. The van der Waals surface area contributed by atoms with Crippen LogP contribution in [0.5, 0.6) is 17.2 Å². The predicted octanol–water partition coefficient (Wildman–Crippen LogP) is 3.97. The van der Waals surface area contributed by atoms with Gasteiger partial charge >= 0.3 is 6.36 Å². The van der Waals surface area contributed by atoms with Crippen LogP contribution in [0.15, 0.2) is 42.5 Å². The van der Waals surface area contributed by atoms with Crippen LogP contribution >= 0.6 is 0 Å². The van der Waals surface area contributed by atoms with Crippen molar-refractivity contribution in [3.05, 3.63) is 42.5 Å². The minimum Gasteiger partial charge on any atom is -0.504 e. The Hall–Kier alpha value is -2.37. The molecule has 106 valence electrons. The van der Waals surface area contributed by atoms with Crippen molar-refractivity contribution in [2.75, 3.05) is 7.11 Å². The second-order valence-corrected chi connectivity index (χ2v) is 3.93. The highest BCUT2D eigenvalue weighted by molar-refractivity contribution is 5.74. The first-order chi connectivity index (χ1) is 9.40. The standard InChI is InChI=1S/C14H11F3O3/c1-19-12-7-3-6-11(13(12)18)9-4-2-5-10(8-9)20-14(15,16)17/h2-8,18H,1H3. The third kappa shape index (κ3) is 3.14. The molecule has 0 heterocycles. The third-order valence-electron chi connectivity index (χ3n) is 2.60. The van der Waals surface area contributed by atoms with Gasteiger partial charge in [-0.25, -0.2) is 0 Å². The van der Waals surface area contributed by atoms with Crippen LogP contribution in [0.25, 0.3) is 11.1 Å². The lowest BCUT2D eigenvalue weighted by atomic mass is 10.0. The van der Waals surface area contributed by atoms with Crippen LogP contribution in [0.3, 0.4) is 0 Å². The van der Waals surface area contributed by atoms with Crippen LogP contribution < -0.4 is 9.47 Å². The van der Waals surface area contributed by atoms with Crippen molar-refractivity contribution in [2.45, 2.75) is 6.36 Å². The number of methoxy groups -OCH3 is 1. The van der Waals surface area contributed by atoms with Crippen molar-refractivity contribution >= 4 is 0 Å². The normalized spacial score (nSPS) is 11.2. The van der Waals surface area contributed by atoms with Gasteiger partial charge in [0.25, 0.3) is 0 Å². The van der Waals surface area contributed by atoms with Gasteiger partial charge in [0, 0.05) is 5.56 Å². The summed E-state index contributed by atoms with van der Waals surface area (Å²) in [6.45, 7) is 0. The monoisotopic (exact) mass is 284 g/mol. The minimum absolute atomic E-state index is 0.140. The van der Waals surface area contributed by atoms with E-state index in [0.717, 1.165) is 0 Å². The number of aromatic hydroxyl groups is 1. The molecule has 0 aliphatic rings. The van der Waals surface area contributed by atoms with Gasteiger partial charge in [-0.2, -0.15) is 0 Å². The lowest BCUT2D eigenvalue weighted by Gasteiger charge is -2.12. The molecule has 20 heavy (non-hydrogen) atoms. The van der Waals surface area contributed by atoms with Crippen LogP contribution in [0.4, 0.5) is 13.2 Å². The molecule has 2 aromatic carbocycles. The first kappa shape index (κ1) is 14.0. The SMILES string of the molecule is COc1cccc(-c2cccc(OC(F)(F)F)c2)c1O. The summed E-state index contributed by atoms with van der Waals surface area (Å²) >= 11 is 0. The molecule has 2 aromatic rings. The van der Waals surface area contributed by atoms with Crippen LogP contribution in [-0.2, 0) is 0 Å². The summed E-state index contributed by atoms with van der Waals surface area (Å²) in [5, 5.41) is 9.98. The van der Waals surface area contributed by atoms with E-state index in [1.807, 2.05) is 0 Å². The van der Waals surface area contributed by atoms with Crippen molar-refractivity contribution in [1.82, 2.24) is 0 Å². The number of rotatable bonds is 3. The van der Waals surface area contributed by atoms with Crippen LogP contribution in [0.1, 0.15) is 0 Å². The summed E-state index contributed by atoms with van der Waals surface area (Å²) in [7, 11) is 1.39. The maximum atomic E-state index is 12.2. The van der Waals surface area contributed by atoms with E-state index in [0.29, 0.717) is 11.1 Å². The van der Waals surface area contributed by atoms with Crippen molar-refractivity contribution in [3.8, 4) is 28.4 Å². The molecule has 0 aromatic heterocycles. The van der Waals surface area contributed by atoms with E-state index in [9.17, 15) is 18.3 Å². The summed E-state index contributed by atoms with van der Waals surface area (Å²) in [6.07, 6.45) is -4.75. The van der Waals surface area contributed by atoms with Gasteiger partial charge in [0.05, 0.1) is 7.11 Å². The Morgan fingerprint density at radius 3 is 2.40 bits per heavy atom. The Morgan fingerprint density at radius 2 is 1.75 bits per heavy atom. The second-order valence-electron chi connectivity index (χ2n) is 3.93. The van der Waals surface area contributed by atoms with E-state index >= 15 is 0 Å². The van der Waals surface area contributed by atoms with E-state index < -0.39 is 6.36 Å². The topological polar surface area (TPSA) is 38.7 Å². The third-order valence-corrected chi connectivity index (χ3v) is 2.60. The zero-order chi connectivity index (χ0) is 14.8. The molecule has 0 bridgehead atoms. The van der Waals surface area contributed by atoms with E-state index in [-0.39, 0.29) is 17.2 Å². The Balaban J connectivity index is 2.41. The number of hydrogen-bond acceptors (Lipinski definition) is 3. The molecular weight excluding hydrogens is 273 g/mol. The van der Waals surface area contributed by atoms with Crippen molar-refractivity contribution in [1.29, 1.82) is 0 Å². The number of hydrogen-bond donors (Lipinski definition) is 1. The van der Waals surface area contributed by atoms with Crippen molar-refractivity contribution < 1.29 is 27.8 Å². The second kappa shape index (κ2) is 5.32. The average molecular weight is 284 g/mol. The van der Waals surface area contributed by atoms with Gasteiger partial charge in [-0.15, -0.1) is 13.2 Å². The number of halogens is 3. The Bertz CT molecular complexity index is 609. The quantitative estimate of drug-likeness (QED) is 0.927. The van der Waals surface area contributed by atoms with E-state index in [2.05, 4.69) is 4.74 Å². The van der Waals surface area contributed by atoms with E-state index in [1.54, 1.807) is 24.3 Å². The molecule has 0 saturated carbocycles. The highest BCUT2D eigenvalue weighted by atomic mass is 19.4.